The summed E-state index contributed by atoms with van der Waals surface area (Å²) in [5.74, 6) is 0. The molecule has 3 aromatic rings. The summed E-state index contributed by atoms with van der Waals surface area (Å²) >= 11 is 0. The van der Waals surface area contributed by atoms with Crippen LogP contribution in [-0.2, 0) is 9.47 Å². The van der Waals surface area contributed by atoms with Crippen LogP contribution in [0.3, 0.4) is 0 Å². The van der Waals surface area contributed by atoms with Crippen molar-refractivity contribution >= 4 is 16.5 Å². The zero-order valence-corrected chi connectivity index (χ0v) is 16.8. The van der Waals surface area contributed by atoms with Crippen molar-refractivity contribution in [3.05, 3.63) is 77.4 Å². The second-order valence-corrected chi connectivity index (χ2v) is 6.87. The van der Waals surface area contributed by atoms with E-state index in [-0.39, 0.29) is 0 Å². The highest BCUT2D eigenvalue weighted by atomic mass is 16.5. The molecule has 0 spiro atoms. The lowest BCUT2D eigenvalue weighted by atomic mass is 9.95. The molecule has 3 rings (SSSR count). The fourth-order valence-electron chi connectivity index (χ4n) is 3.41. The number of aliphatic hydroxyl groups is 1. The third-order valence-electron chi connectivity index (χ3n) is 5.02. The zero-order valence-electron chi connectivity index (χ0n) is 16.8. The summed E-state index contributed by atoms with van der Waals surface area (Å²) in [7, 11) is 3.36. The molecule has 0 saturated heterocycles. The van der Waals surface area contributed by atoms with E-state index in [9.17, 15) is 5.11 Å². The van der Waals surface area contributed by atoms with Crippen molar-refractivity contribution in [1.82, 2.24) is 0 Å². The van der Waals surface area contributed by atoms with Crippen molar-refractivity contribution in [2.24, 2.45) is 0 Å². The van der Waals surface area contributed by atoms with Gasteiger partial charge in [-0.25, -0.2) is 0 Å². The third-order valence-corrected chi connectivity index (χ3v) is 5.02. The maximum Gasteiger partial charge on any atom is 0.106 e. The van der Waals surface area contributed by atoms with E-state index in [2.05, 4.69) is 23.1 Å². The highest BCUT2D eigenvalue weighted by Crippen LogP contribution is 2.34. The molecule has 1 atom stereocenters. The van der Waals surface area contributed by atoms with E-state index in [1.165, 1.54) is 0 Å². The number of hydrogen-bond donors (Lipinski definition) is 1. The molecule has 1 N–H and O–H groups in total. The predicted molar refractivity (Wildman–Crippen MR) is 115 cm³/mol. The highest BCUT2D eigenvalue weighted by Gasteiger charge is 2.20. The number of nitriles is 1. The van der Waals surface area contributed by atoms with Crippen molar-refractivity contribution in [2.75, 3.05) is 45.4 Å². The Morgan fingerprint density at radius 2 is 1.52 bits per heavy atom. The first-order valence-electron chi connectivity index (χ1n) is 9.61. The van der Waals surface area contributed by atoms with Crippen LogP contribution >= 0.6 is 0 Å². The smallest absolute Gasteiger partial charge is 0.106 e. The molecule has 0 radical (unpaired) electrons. The monoisotopic (exact) mass is 390 g/mol. The van der Waals surface area contributed by atoms with Gasteiger partial charge in [0.25, 0.3) is 0 Å². The average Bonchev–Trinajstić information content (AvgIpc) is 2.78. The van der Waals surface area contributed by atoms with E-state index in [1.54, 1.807) is 38.5 Å². The molecule has 0 bridgehead atoms. The van der Waals surface area contributed by atoms with Gasteiger partial charge in [0, 0.05) is 38.6 Å². The van der Waals surface area contributed by atoms with Crippen molar-refractivity contribution < 1.29 is 14.6 Å². The summed E-state index contributed by atoms with van der Waals surface area (Å²) in [6, 6.07) is 21.5. The Labute approximate surface area is 171 Å². The molecule has 5 heteroatoms. The molecule has 0 saturated carbocycles. The lowest BCUT2D eigenvalue weighted by Crippen LogP contribution is -2.31. The Kier molecular flexibility index (Phi) is 7.20. The van der Waals surface area contributed by atoms with E-state index < -0.39 is 6.10 Å². The number of rotatable bonds is 9. The zero-order chi connectivity index (χ0) is 20.6. The Bertz CT molecular complexity index is 972. The minimum absolute atomic E-state index is 0.571. The average molecular weight is 390 g/mol. The summed E-state index contributed by atoms with van der Waals surface area (Å²) in [5.41, 5.74) is 3.09. The minimum Gasteiger partial charge on any atom is -0.384 e. The van der Waals surface area contributed by atoms with Gasteiger partial charge in [0.1, 0.15) is 6.10 Å². The van der Waals surface area contributed by atoms with Crippen LogP contribution < -0.4 is 4.90 Å². The first-order valence-corrected chi connectivity index (χ1v) is 9.61. The van der Waals surface area contributed by atoms with Gasteiger partial charge in [0.05, 0.1) is 24.8 Å². The van der Waals surface area contributed by atoms with Gasteiger partial charge in [-0.15, -0.1) is 0 Å². The minimum atomic E-state index is -0.810. The summed E-state index contributed by atoms with van der Waals surface area (Å²) in [4.78, 5) is 2.18. The first-order chi connectivity index (χ1) is 14.2. The van der Waals surface area contributed by atoms with Crippen LogP contribution in [0, 0.1) is 11.3 Å². The second kappa shape index (κ2) is 10.0. The van der Waals surface area contributed by atoms with Crippen LogP contribution in [-0.4, -0.2) is 45.6 Å². The Morgan fingerprint density at radius 3 is 2.07 bits per heavy atom. The van der Waals surface area contributed by atoms with Crippen molar-refractivity contribution in [3.63, 3.8) is 0 Å². The van der Waals surface area contributed by atoms with Gasteiger partial charge in [-0.3, -0.25) is 0 Å². The fourth-order valence-corrected chi connectivity index (χ4v) is 3.41. The standard InChI is InChI=1S/C24H26N2O3/c1-28-13-11-26(12-14-29-2)23-16-21-6-4-3-5-20(21)15-22(23)24(27)19-9-7-18(17-25)8-10-19/h3-10,15-16,24,27H,11-14H2,1-2H3. The third kappa shape index (κ3) is 4.93. The molecule has 1 unspecified atom stereocenters. The molecule has 3 aromatic carbocycles. The van der Waals surface area contributed by atoms with Crippen molar-refractivity contribution in [1.29, 1.82) is 5.26 Å². The molecule has 0 heterocycles. The number of fused-ring (bicyclic) bond motifs is 1. The van der Waals surface area contributed by atoms with Crippen LogP contribution in [0.4, 0.5) is 5.69 Å². The molecule has 0 fully saturated rings. The fraction of sp³-hybridized carbons (Fsp3) is 0.292. The van der Waals surface area contributed by atoms with E-state index in [4.69, 9.17) is 14.7 Å². The Balaban J connectivity index is 2.09. The summed E-state index contributed by atoms with van der Waals surface area (Å²) in [6.45, 7) is 2.52. The molecule has 150 valence electrons. The van der Waals surface area contributed by atoms with Crippen LogP contribution in [0.2, 0.25) is 0 Å². The topological polar surface area (TPSA) is 65.7 Å². The van der Waals surface area contributed by atoms with Crippen molar-refractivity contribution in [2.45, 2.75) is 6.10 Å². The predicted octanol–water partition coefficient (Wildman–Crippen LogP) is 3.89. The molecule has 0 aromatic heterocycles. The van der Waals surface area contributed by atoms with Crippen molar-refractivity contribution in [3.8, 4) is 6.07 Å². The Morgan fingerprint density at radius 1 is 0.931 bits per heavy atom. The van der Waals surface area contributed by atoms with Crippen LogP contribution in [0.15, 0.2) is 60.7 Å². The lowest BCUT2D eigenvalue weighted by molar-refractivity contribution is 0.189. The molecule has 0 aliphatic rings. The molecule has 5 nitrogen and oxygen atoms in total. The van der Waals surface area contributed by atoms with Gasteiger partial charge >= 0.3 is 0 Å². The summed E-state index contributed by atoms with van der Waals surface area (Å²) < 4.78 is 10.6. The molecule has 0 aliphatic carbocycles. The van der Waals surface area contributed by atoms with Gasteiger partial charge in [-0.1, -0.05) is 36.4 Å². The quantitative estimate of drug-likeness (QED) is 0.600. The van der Waals surface area contributed by atoms with Crippen LogP contribution in [0.25, 0.3) is 10.8 Å². The van der Waals surface area contributed by atoms with Gasteiger partial charge in [0.2, 0.25) is 0 Å². The second-order valence-electron chi connectivity index (χ2n) is 6.87. The van der Waals surface area contributed by atoms with Gasteiger partial charge < -0.3 is 19.5 Å². The summed E-state index contributed by atoms with van der Waals surface area (Å²) in [6.07, 6.45) is -0.810. The van der Waals surface area contributed by atoms with E-state index in [0.29, 0.717) is 31.9 Å². The number of benzene rings is 3. The SMILES string of the molecule is COCCN(CCOC)c1cc2ccccc2cc1C(O)c1ccc(C#N)cc1. The highest BCUT2D eigenvalue weighted by molar-refractivity contribution is 5.88. The lowest BCUT2D eigenvalue weighted by Gasteiger charge is -2.29. The number of hydrogen-bond acceptors (Lipinski definition) is 5. The number of ether oxygens (including phenoxy) is 2. The number of anilines is 1. The van der Waals surface area contributed by atoms with E-state index in [1.807, 2.05) is 24.3 Å². The molecule has 0 aliphatic heterocycles. The van der Waals surface area contributed by atoms with E-state index in [0.717, 1.165) is 27.6 Å². The molecule has 29 heavy (non-hydrogen) atoms. The number of aliphatic hydroxyl groups excluding tert-OH is 1. The van der Waals surface area contributed by atoms with Gasteiger partial charge in [-0.05, 0) is 40.6 Å². The van der Waals surface area contributed by atoms with Crippen LogP contribution in [0.5, 0.6) is 0 Å². The number of methoxy groups -OCH3 is 2. The molecular formula is C24H26N2O3. The maximum atomic E-state index is 11.2. The first kappa shape index (κ1) is 20.8. The largest absolute Gasteiger partial charge is 0.384 e. The maximum absolute atomic E-state index is 11.2. The Hall–Kier alpha value is -2.91. The molecule has 0 amide bonds. The molecular weight excluding hydrogens is 364 g/mol. The summed E-state index contributed by atoms with van der Waals surface area (Å²) in [5, 5.41) is 22.4. The normalized spacial score (nSPS) is 11.9. The number of nitrogens with zero attached hydrogens (tertiary/aromatic N) is 2. The van der Waals surface area contributed by atoms with Gasteiger partial charge in [0.15, 0.2) is 0 Å². The van der Waals surface area contributed by atoms with Crippen LogP contribution in [0.1, 0.15) is 22.8 Å². The van der Waals surface area contributed by atoms with E-state index >= 15 is 0 Å². The van der Waals surface area contributed by atoms with Gasteiger partial charge in [-0.2, -0.15) is 5.26 Å².